The van der Waals surface area contributed by atoms with Crippen LogP contribution in [0.3, 0.4) is 0 Å². The van der Waals surface area contributed by atoms with Crippen LogP contribution in [0, 0.1) is 13.8 Å². The van der Waals surface area contributed by atoms with Crippen LogP contribution >= 0.6 is 11.8 Å². The van der Waals surface area contributed by atoms with Gasteiger partial charge >= 0.3 is 0 Å². The zero-order valence-electron chi connectivity index (χ0n) is 16.5. The summed E-state index contributed by atoms with van der Waals surface area (Å²) < 4.78 is 0. The summed E-state index contributed by atoms with van der Waals surface area (Å²) in [5.74, 6) is 0.128. The van der Waals surface area contributed by atoms with Gasteiger partial charge in [0.25, 0.3) is 0 Å². The van der Waals surface area contributed by atoms with Crippen molar-refractivity contribution in [3.8, 4) is 11.4 Å². The number of hydrogen-bond acceptors (Lipinski definition) is 5. The predicted molar refractivity (Wildman–Crippen MR) is 115 cm³/mol. The van der Waals surface area contributed by atoms with Crippen molar-refractivity contribution in [3.63, 3.8) is 0 Å². The van der Waals surface area contributed by atoms with Crippen LogP contribution in [0.1, 0.15) is 18.1 Å². The molecule has 0 aliphatic rings. The normalized spacial score (nSPS) is 11.7. The summed E-state index contributed by atoms with van der Waals surface area (Å²) >= 11 is 1.23. The predicted octanol–water partition coefficient (Wildman–Crippen LogP) is 3.32. The van der Waals surface area contributed by atoms with Gasteiger partial charge in [0.05, 0.1) is 11.8 Å². The van der Waals surface area contributed by atoms with E-state index in [9.17, 15) is 9.59 Å². The summed E-state index contributed by atoms with van der Waals surface area (Å²) in [4.78, 5) is 28.9. The lowest BCUT2D eigenvalue weighted by molar-refractivity contribution is -0.123. The summed E-state index contributed by atoms with van der Waals surface area (Å²) in [5.41, 5.74) is 3.66. The third-order valence-corrected chi connectivity index (χ3v) is 5.29. The van der Waals surface area contributed by atoms with Crippen LogP contribution in [0.4, 0.5) is 5.69 Å². The van der Waals surface area contributed by atoms with Gasteiger partial charge in [-0.1, -0.05) is 60.3 Å². The largest absolute Gasteiger partial charge is 0.346 e. The average Bonchev–Trinajstić information content (AvgIpc) is 3.18. The number of anilines is 1. The van der Waals surface area contributed by atoms with Crippen LogP contribution in [-0.2, 0) is 9.59 Å². The van der Waals surface area contributed by atoms with E-state index >= 15 is 0 Å². The molecule has 1 aromatic heterocycles. The number of thioether (sulfide) groups is 1. The number of nitrogens with zero attached hydrogens (tertiary/aromatic N) is 2. The maximum atomic E-state index is 12.3. The van der Waals surface area contributed by atoms with Crippen LogP contribution in [0.2, 0.25) is 0 Å². The Morgan fingerprint density at radius 1 is 1.07 bits per heavy atom. The number of aromatic nitrogens is 3. The fraction of sp³-hybridized carbons (Fsp3) is 0.238. The summed E-state index contributed by atoms with van der Waals surface area (Å²) in [6.07, 6.45) is 0. The first-order valence-electron chi connectivity index (χ1n) is 9.22. The maximum Gasteiger partial charge on any atom is 0.243 e. The van der Waals surface area contributed by atoms with Crippen molar-refractivity contribution in [1.29, 1.82) is 0 Å². The quantitative estimate of drug-likeness (QED) is 0.520. The smallest absolute Gasteiger partial charge is 0.243 e. The number of para-hydroxylation sites is 1. The molecule has 150 valence electrons. The van der Waals surface area contributed by atoms with Gasteiger partial charge in [-0.05, 0) is 31.9 Å². The molecule has 3 aromatic rings. The highest BCUT2D eigenvalue weighted by molar-refractivity contribution is 8.00. The van der Waals surface area contributed by atoms with Crippen molar-refractivity contribution in [2.75, 3.05) is 11.9 Å². The van der Waals surface area contributed by atoms with Gasteiger partial charge in [-0.25, -0.2) is 4.98 Å². The summed E-state index contributed by atoms with van der Waals surface area (Å²) in [7, 11) is 0. The number of rotatable bonds is 7. The molecule has 2 aromatic carbocycles. The van der Waals surface area contributed by atoms with Crippen molar-refractivity contribution < 1.29 is 9.59 Å². The number of nitrogens with one attached hydrogen (secondary N) is 3. The van der Waals surface area contributed by atoms with Gasteiger partial charge in [-0.2, -0.15) is 0 Å². The molecular formula is C21H23N5O2S. The number of carbonyl (C=O) groups is 2. The van der Waals surface area contributed by atoms with Crippen molar-refractivity contribution >= 4 is 29.3 Å². The van der Waals surface area contributed by atoms with Crippen LogP contribution < -0.4 is 10.6 Å². The molecule has 2 amide bonds. The third-order valence-electron chi connectivity index (χ3n) is 4.33. The van der Waals surface area contributed by atoms with Gasteiger partial charge in [0, 0.05) is 11.3 Å². The fourth-order valence-electron chi connectivity index (χ4n) is 2.74. The number of benzene rings is 2. The number of hydrogen-bond donors (Lipinski definition) is 3. The van der Waals surface area contributed by atoms with E-state index in [1.54, 1.807) is 6.92 Å². The maximum absolute atomic E-state index is 12.3. The second kappa shape index (κ2) is 9.38. The van der Waals surface area contributed by atoms with Gasteiger partial charge in [0.15, 0.2) is 5.82 Å². The Kier molecular flexibility index (Phi) is 6.66. The Morgan fingerprint density at radius 3 is 2.45 bits per heavy atom. The number of carbonyl (C=O) groups excluding carboxylic acids is 2. The number of aromatic amines is 1. The van der Waals surface area contributed by atoms with Crippen LogP contribution in [-0.4, -0.2) is 38.8 Å². The van der Waals surface area contributed by atoms with Gasteiger partial charge in [0.2, 0.25) is 17.0 Å². The lowest BCUT2D eigenvalue weighted by atomic mass is 10.1. The van der Waals surface area contributed by atoms with E-state index in [4.69, 9.17) is 0 Å². The van der Waals surface area contributed by atoms with Gasteiger partial charge < -0.3 is 10.6 Å². The molecule has 7 nitrogen and oxygen atoms in total. The first-order valence-corrected chi connectivity index (χ1v) is 10.1. The third kappa shape index (κ3) is 5.45. The molecule has 3 rings (SSSR count). The Bertz CT molecular complexity index is 983. The topological polar surface area (TPSA) is 99.8 Å². The van der Waals surface area contributed by atoms with Gasteiger partial charge in [-0.15, -0.1) is 5.10 Å². The minimum absolute atomic E-state index is 0.0965. The molecule has 0 saturated heterocycles. The Balaban J connectivity index is 1.51. The van der Waals surface area contributed by atoms with Crippen molar-refractivity contribution in [2.24, 2.45) is 0 Å². The second-order valence-electron chi connectivity index (χ2n) is 6.63. The van der Waals surface area contributed by atoms with E-state index in [1.165, 1.54) is 11.8 Å². The molecule has 8 heteroatoms. The van der Waals surface area contributed by atoms with E-state index < -0.39 is 5.25 Å². The molecule has 0 fully saturated rings. The van der Waals surface area contributed by atoms with Gasteiger partial charge in [0.1, 0.15) is 0 Å². The molecule has 0 spiro atoms. The second-order valence-corrected chi connectivity index (χ2v) is 7.93. The van der Waals surface area contributed by atoms with E-state index in [0.29, 0.717) is 11.0 Å². The van der Waals surface area contributed by atoms with E-state index in [-0.39, 0.29) is 18.4 Å². The first-order chi connectivity index (χ1) is 13.9. The van der Waals surface area contributed by atoms with Crippen LogP contribution in [0.25, 0.3) is 11.4 Å². The minimum atomic E-state index is -0.442. The van der Waals surface area contributed by atoms with E-state index in [0.717, 1.165) is 22.4 Å². The van der Waals surface area contributed by atoms with Crippen LogP contribution in [0.15, 0.2) is 53.7 Å². The lowest BCUT2D eigenvalue weighted by Crippen LogP contribution is -2.37. The lowest BCUT2D eigenvalue weighted by Gasteiger charge is -2.13. The Labute approximate surface area is 173 Å². The molecule has 0 saturated carbocycles. The zero-order chi connectivity index (χ0) is 20.8. The first kappa shape index (κ1) is 20.6. The molecule has 0 unspecified atom stereocenters. The highest BCUT2D eigenvalue weighted by atomic mass is 32.2. The molecular weight excluding hydrogens is 386 g/mol. The zero-order valence-corrected chi connectivity index (χ0v) is 17.3. The number of aryl methyl sites for hydroxylation is 2. The SMILES string of the molecule is Cc1cccc(C)c1NC(=O)CNC(=O)[C@H](C)Sc1n[nH]c(-c2ccccc2)n1. The molecule has 3 N–H and O–H groups in total. The highest BCUT2D eigenvalue weighted by Gasteiger charge is 2.18. The Hall–Kier alpha value is -3.13. The Morgan fingerprint density at radius 2 is 1.76 bits per heavy atom. The minimum Gasteiger partial charge on any atom is -0.346 e. The van der Waals surface area contributed by atoms with E-state index in [1.807, 2.05) is 62.4 Å². The number of H-pyrrole nitrogens is 1. The summed E-state index contributed by atoms with van der Waals surface area (Å²) in [5, 5.41) is 12.6. The van der Waals surface area contributed by atoms with E-state index in [2.05, 4.69) is 25.8 Å². The molecule has 29 heavy (non-hydrogen) atoms. The molecule has 0 radical (unpaired) electrons. The van der Waals surface area contributed by atoms with Crippen molar-refractivity contribution in [2.45, 2.75) is 31.2 Å². The molecule has 0 aliphatic heterocycles. The van der Waals surface area contributed by atoms with Crippen molar-refractivity contribution in [3.05, 3.63) is 59.7 Å². The summed E-state index contributed by atoms with van der Waals surface area (Å²) in [6.45, 7) is 5.52. The average molecular weight is 410 g/mol. The molecule has 0 bridgehead atoms. The van der Waals surface area contributed by atoms with Crippen molar-refractivity contribution in [1.82, 2.24) is 20.5 Å². The number of amides is 2. The fourth-order valence-corrected chi connectivity index (χ4v) is 3.49. The molecule has 1 heterocycles. The molecule has 1 atom stereocenters. The van der Waals surface area contributed by atoms with Gasteiger partial charge in [-0.3, -0.25) is 14.7 Å². The van der Waals surface area contributed by atoms with Crippen LogP contribution in [0.5, 0.6) is 0 Å². The highest BCUT2D eigenvalue weighted by Crippen LogP contribution is 2.22. The molecule has 0 aliphatic carbocycles. The standard InChI is InChI=1S/C21H23N5O2S/c1-13-8-7-9-14(2)18(13)23-17(27)12-22-20(28)15(3)29-21-24-19(25-26-21)16-10-5-4-6-11-16/h4-11,15H,12H2,1-3H3,(H,22,28)(H,23,27)(H,24,25,26)/t15-/m0/s1. The summed E-state index contributed by atoms with van der Waals surface area (Å²) in [6, 6.07) is 15.4. The monoisotopic (exact) mass is 409 g/mol.